The third-order valence-corrected chi connectivity index (χ3v) is 3.49. The normalized spacial score (nSPS) is 12.9. The van der Waals surface area contributed by atoms with Crippen LogP contribution in [-0.2, 0) is 7.05 Å². The van der Waals surface area contributed by atoms with Gasteiger partial charge in [0.1, 0.15) is 0 Å². The third kappa shape index (κ3) is 3.04. The monoisotopic (exact) mass is 257 g/mol. The predicted octanol–water partition coefficient (Wildman–Crippen LogP) is 3.24. The molecule has 1 N–H and O–H groups in total. The van der Waals surface area contributed by atoms with Gasteiger partial charge in [0.15, 0.2) is 0 Å². The molecule has 0 spiro atoms. The molecule has 0 radical (unpaired) electrons. The van der Waals surface area contributed by atoms with Gasteiger partial charge in [0.05, 0.1) is 24.3 Å². The highest BCUT2D eigenvalue weighted by atomic mass is 15.1. The van der Waals surface area contributed by atoms with Gasteiger partial charge in [0.2, 0.25) is 0 Å². The molecule has 0 saturated carbocycles. The lowest BCUT2D eigenvalue weighted by atomic mass is 9.98. The fourth-order valence-electron chi connectivity index (χ4n) is 2.32. The maximum Gasteiger partial charge on any atom is 0.0946 e. The molecule has 1 unspecified atom stereocenters. The summed E-state index contributed by atoms with van der Waals surface area (Å²) in [5.74, 6) is 0.573. The van der Waals surface area contributed by atoms with E-state index >= 15 is 0 Å². The molecule has 0 bridgehead atoms. The van der Waals surface area contributed by atoms with Crippen LogP contribution in [0, 0.1) is 0 Å². The lowest BCUT2D eigenvalue weighted by Crippen LogP contribution is -2.23. The van der Waals surface area contributed by atoms with E-state index in [0.29, 0.717) is 5.92 Å². The summed E-state index contributed by atoms with van der Waals surface area (Å²) in [6.07, 6.45) is 3.78. The van der Waals surface area contributed by atoms with Gasteiger partial charge in [0.25, 0.3) is 0 Å². The van der Waals surface area contributed by atoms with Crippen LogP contribution >= 0.6 is 0 Å². The Hall–Kier alpha value is -1.61. The van der Waals surface area contributed by atoms with Crippen molar-refractivity contribution >= 4 is 0 Å². The summed E-state index contributed by atoms with van der Waals surface area (Å²) in [5, 5.41) is 3.53. The largest absolute Gasteiger partial charge is 0.336 e. The molecule has 0 aliphatic carbocycles. The summed E-state index contributed by atoms with van der Waals surface area (Å²) in [6.45, 7) is 7.50. The van der Waals surface area contributed by atoms with E-state index in [9.17, 15) is 0 Å². The van der Waals surface area contributed by atoms with Crippen molar-refractivity contribution in [1.82, 2.24) is 14.9 Å². The van der Waals surface area contributed by atoms with Gasteiger partial charge in [0, 0.05) is 7.05 Å². The molecule has 0 amide bonds. The standard InChI is InChI=1S/C16H23N3/c1-5-18-16(15-10-17-11-19(15)4)14-8-6-13(7-9-14)12(2)3/h6-12,16,18H,5H2,1-4H3. The van der Waals surface area contributed by atoms with Crippen molar-refractivity contribution in [3.05, 3.63) is 53.6 Å². The van der Waals surface area contributed by atoms with Gasteiger partial charge in [-0.2, -0.15) is 0 Å². The van der Waals surface area contributed by atoms with Crippen LogP contribution in [0.2, 0.25) is 0 Å². The summed E-state index contributed by atoms with van der Waals surface area (Å²) in [4.78, 5) is 4.22. The van der Waals surface area contributed by atoms with E-state index in [1.165, 1.54) is 16.8 Å². The molecule has 0 aliphatic rings. The minimum atomic E-state index is 0.207. The van der Waals surface area contributed by atoms with E-state index in [1.54, 1.807) is 0 Å². The molecule has 3 nitrogen and oxygen atoms in total. The van der Waals surface area contributed by atoms with Crippen LogP contribution in [0.5, 0.6) is 0 Å². The maximum atomic E-state index is 4.22. The number of imidazole rings is 1. The lowest BCUT2D eigenvalue weighted by molar-refractivity contribution is 0.593. The minimum Gasteiger partial charge on any atom is -0.336 e. The van der Waals surface area contributed by atoms with Gasteiger partial charge < -0.3 is 9.88 Å². The molecule has 1 aromatic heterocycles. The Balaban J connectivity index is 2.31. The number of aryl methyl sites for hydroxylation is 1. The second-order valence-electron chi connectivity index (χ2n) is 5.24. The molecule has 0 saturated heterocycles. The van der Waals surface area contributed by atoms with Gasteiger partial charge in [-0.25, -0.2) is 4.98 Å². The van der Waals surface area contributed by atoms with Gasteiger partial charge in [-0.1, -0.05) is 45.0 Å². The molecule has 2 aromatic rings. The van der Waals surface area contributed by atoms with E-state index in [4.69, 9.17) is 0 Å². The van der Waals surface area contributed by atoms with E-state index in [-0.39, 0.29) is 6.04 Å². The molecule has 2 rings (SSSR count). The summed E-state index contributed by atoms with van der Waals surface area (Å²) < 4.78 is 2.07. The summed E-state index contributed by atoms with van der Waals surface area (Å²) >= 11 is 0. The Kier molecular flexibility index (Phi) is 4.38. The third-order valence-electron chi connectivity index (χ3n) is 3.49. The zero-order valence-electron chi connectivity index (χ0n) is 12.2. The molecule has 1 aromatic carbocycles. The van der Waals surface area contributed by atoms with Crippen molar-refractivity contribution in [2.75, 3.05) is 6.54 Å². The summed E-state index contributed by atoms with van der Waals surface area (Å²) in [5.41, 5.74) is 3.86. The first-order valence-corrected chi connectivity index (χ1v) is 6.93. The molecular weight excluding hydrogens is 234 g/mol. The van der Waals surface area contributed by atoms with Crippen LogP contribution in [0.1, 0.15) is 49.6 Å². The predicted molar refractivity (Wildman–Crippen MR) is 79.3 cm³/mol. The number of hydrogen-bond acceptors (Lipinski definition) is 2. The fraction of sp³-hybridized carbons (Fsp3) is 0.438. The zero-order valence-corrected chi connectivity index (χ0v) is 12.2. The molecular formula is C16H23N3. The first-order valence-electron chi connectivity index (χ1n) is 6.93. The highest BCUT2D eigenvalue weighted by Gasteiger charge is 2.16. The minimum absolute atomic E-state index is 0.207. The second kappa shape index (κ2) is 6.02. The SMILES string of the molecule is CCNC(c1ccc(C(C)C)cc1)c1cncn1C. The van der Waals surface area contributed by atoms with Crippen LogP contribution in [0.25, 0.3) is 0 Å². The fourth-order valence-corrected chi connectivity index (χ4v) is 2.32. The van der Waals surface area contributed by atoms with Crippen LogP contribution in [-0.4, -0.2) is 16.1 Å². The van der Waals surface area contributed by atoms with Crippen molar-refractivity contribution in [3.8, 4) is 0 Å². The number of nitrogens with one attached hydrogen (secondary N) is 1. The van der Waals surface area contributed by atoms with Gasteiger partial charge >= 0.3 is 0 Å². The smallest absolute Gasteiger partial charge is 0.0946 e. The number of rotatable bonds is 5. The van der Waals surface area contributed by atoms with E-state index in [1.807, 2.05) is 19.6 Å². The highest BCUT2D eigenvalue weighted by molar-refractivity contribution is 5.31. The average molecular weight is 257 g/mol. The van der Waals surface area contributed by atoms with Crippen LogP contribution < -0.4 is 5.32 Å². The highest BCUT2D eigenvalue weighted by Crippen LogP contribution is 2.23. The first-order chi connectivity index (χ1) is 9.13. The number of nitrogens with zero attached hydrogens (tertiary/aromatic N) is 2. The van der Waals surface area contributed by atoms with Gasteiger partial charge in [-0.15, -0.1) is 0 Å². The van der Waals surface area contributed by atoms with Crippen LogP contribution in [0.4, 0.5) is 0 Å². The summed E-state index contributed by atoms with van der Waals surface area (Å²) in [6, 6.07) is 9.09. The number of aromatic nitrogens is 2. The zero-order chi connectivity index (χ0) is 13.8. The van der Waals surface area contributed by atoms with Crippen molar-refractivity contribution in [1.29, 1.82) is 0 Å². The molecule has 1 atom stereocenters. The Bertz CT molecular complexity index is 511. The molecule has 1 heterocycles. The first kappa shape index (κ1) is 13.8. The van der Waals surface area contributed by atoms with E-state index in [2.05, 4.69) is 59.9 Å². The van der Waals surface area contributed by atoms with Crippen molar-refractivity contribution in [3.63, 3.8) is 0 Å². The van der Waals surface area contributed by atoms with Crippen LogP contribution in [0.3, 0.4) is 0 Å². The van der Waals surface area contributed by atoms with Gasteiger partial charge in [-0.05, 0) is 23.6 Å². The molecule has 19 heavy (non-hydrogen) atoms. The molecule has 102 valence electrons. The van der Waals surface area contributed by atoms with E-state index < -0.39 is 0 Å². The number of benzene rings is 1. The Labute approximate surface area is 115 Å². The van der Waals surface area contributed by atoms with Gasteiger partial charge in [-0.3, -0.25) is 0 Å². The van der Waals surface area contributed by atoms with Crippen LogP contribution in [0.15, 0.2) is 36.8 Å². The topological polar surface area (TPSA) is 29.9 Å². The maximum absolute atomic E-state index is 4.22. The molecule has 0 fully saturated rings. The number of hydrogen-bond donors (Lipinski definition) is 1. The van der Waals surface area contributed by atoms with Crippen molar-refractivity contribution in [2.45, 2.75) is 32.7 Å². The second-order valence-corrected chi connectivity index (χ2v) is 5.24. The molecule has 0 aliphatic heterocycles. The lowest BCUT2D eigenvalue weighted by Gasteiger charge is -2.19. The Morgan fingerprint density at radius 2 is 1.79 bits per heavy atom. The molecule has 3 heteroatoms. The van der Waals surface area contributed by atoms with Crippen molar-refractivity contribution < 1.29 is 0 Å². The summed E-state index contributed by atoms with van der Waals surface area (Å²) in [7, 11) is 2.04. The quantitative estimate of drug-likeness (QED) is 0.891. The van der Waals surface area contributed by atoms with Crippen molar-refractivity contribution in [2.24, 2.45) is 7.05 Å². The Morgan fingerprint density at radius 1 is 1.16 bits per heavy atom. The average Bonchev–Trinajstić information content (AvgIpc) is 2.82. The Morgan fingerprint density at radius 3 is 2.26 bits per heavy atom. The van der Waals surface area contributed by atoms with E-state index in [0.717, 1.165) is 6.54 Å².